The Morgan fingerprint density at radius 3 is 2.93 bits per heavy atom. The van der Waals surface area contributed by atoms with Gasteiger partial charge in [0.1, 0.15) is 18.4 Å². The number of benzene rings is 1. The quantitative estimate of drug-likeness (QED) is 0.822. The zero-order valence-electron chi connectivity index (χ0n) is 8.64. The van der Waals surface area contributed by atoms with Crippen LogP contribution in [0.4, 0.5) is 5.69 Å². The molecule has 0 spiro atoms. The lowest BCUT2D eigenvalue weighted by atomic mass is 10.2. The third-order valence-corrected chi connectivity index (χ3v) is 2.07. The monoisotopic (exact) mass is 204 g/mol. The molecule has 0 atom stereocenters. The molecule has 0 aliphatic rings. The highest BCUT2D eigenvalue weighted by Crippen LogP contribution is 2.27. The van der Waals surface area contributed by atoms with Crippen LogP contribution in [0.5, 0.6) is 5.75 Å². The minimum atomic E-state index is 0.813. The number of methoxy groups -OCH3 is 1. The van der Waals surface area contributed by atoms with Gasteiger partial charge in [0.25, 0.3) is 0 Å². The van der Waals surface area contributed by atoms with E-state index in [4.69, 9.17) is 4.74 Å². The van der Waals surface area contributed by atoms with Crippen LogP contribution in [-0.2, 0) is 0 Å². The van der Waals surface area contributed by atoms with E-state index >= 15 is 0 Å². The molecule has 0 saturated carbocycles. The largest absolute Gasteiger partial charge is 0.494 e. The van der Waals surface area contributed by atoms with E-state index in [1.54, 1.807) is 13.4 Å². The Bertz CT molecular complexity index is 439. The van der Waals surface area contributed by atoms with Gasteiger partial charge in [-0.1, -0.05) is 12.1 Å². The predicted octanol–water partition coefficient (Wildman–Crippen LogP) is 1.47. The van der Waals surface area contributed by atoms with Gasteiger partial charge in [-0.3, -0.25) is 5.43 Å². The smallest absolute Gasteiger partial charge is 0.146 e. The van der Waals surface area contributed by atoms with Gasteiger partial charge in [0.2, 0.25) is 0 Å². The van der Waals surface area contributed by atoms with Crippen molar-refractivity contribution in [1.29, 1.82) is 0 Å². The van der Waals surface area contributed by atoms with Crippen molar-refractivity contribution in [2.45, 2.75) is 6.92 Å². The van der Waals surface area contributed by atoms with Gasteiger partial charge in [-0.2, -0.15) is 4.79 Å². The Labute approximate surface area is 87.7 Å². The lowest BCUT2D eigenvalue weighted by molar-refractivity contribution is 0.412. The van der Waals surface area contributed by atoms with Gasteiger partial charge in [0, 0.05) is 0 Å². The molecule has 2 aromatic rings. The van der Waals surface area contributed by atoms with Crippen molar-refractivity contribution < 1.29 is 4.74 Å². The second-order valence-electron chi connectivity index (χ2n) is 3.11. The zero-order valence-corrected chi connectivity index (χ0v) is 8.64. The summed E-state index contributed by atoms with van der Waals surface area (Å²) in [5.41, 5.74) is 5.00. The van der Waals surface area contributed by atoms with E-state index in [1.807, 2.05) is 25.1 Å². The van der Waals surface area contributed by atoms with Crippen LogP contribution < -0.4 is 10.2 Å². The molecule has 1 N–H and O–H groups in total. The molecule has 15 heavy (non-hydrogen) atoms. The van der Waals surface area contributed by atoms with Gasteiger partial charge in [-0.25, -0.2) is 4.98 Å². The molecule has 1 heterocycles. The number of aryl methyl sites for hydroxylation is 1. The number of ether oxygens (including phenoxy) is 1. The molecule has 5 nitrogen and oxygen atoms in total. The molecular formula is C10H12N4O. The molecule has 0 saturated heterocycles. The predicted molar refractivity (Wildman–Crippen MR) is 56.8 cm³/mol. The highest BCUT2D eigenvalue weighted by molar-refractivity contribution is 5.59. The molecule has 1 aromatic carbocycles. The number of hydrogen-bond acceptors (Lipinski definition) is 4. The summed E-state index contributed by atoms with van der Waals surface area (Å²) in [5, 5.41) is 3.96. The maximum Gasteiger partial charge on any atom is 0.146 e. The summed E-state index contributed by atoms with van der Waals surface area (Å²) in [7, 11) is 1.65. The second-order valence-corrected chi connectivity index (χ2v) is 3.11. The van der Waals surface area contributed by atoms with Gasteiger partial charge in [0.05, 0.1) is 12.8 Å². The van der Waals surface area contributed by atoms with Crippen LogP contribution in [0, 0.1) is 6.92 Å². The van der Waals surface area contributed by atoms with Crippen molar-refractivity contribution in [1.82, 2.24) is 14.9 Å². The Hall–Kier alpha value is -2.04. The van der Waals surface area contributed by atoms with Crippen molar-refractivity contribution in [2.75, 3.05) is 12.5 Å². The average molecular weight is 204 g/mol. The minimum Gasteiger partial charge on any atom is -0.494 e. The first-order chi connectivity index (χ1) is 7.31. The molecule has 0 aliphatic carbocycles. The van der Waals surface area contributed by atoms with E-state index in [2.05, 4.69) is 15.5 Å². The summed E-state index contributed by atoms with van der Waals surface area (Å²) in [4.78, 5) is 5.37. The van der Waals surface area contributed by atoms with Crippen molar-refractivity contribution in [3.63, 3.8) is 0 Å². The lowest BCUT2D eigenvalue weighted by Gasteiger charge is -2.12. The van der Waals surface area contributed by atoms with Crippen molar-refractivity contribution in [3.05, 3.63) is 36.4 Å². The Balaban J connectivity index is 2.32. The first-order valence-electron chi connectivity index (χ1n) is 4.56. The molecule has 0 amide bonds. The summed E-state index contributed by atoms with van der Waals surface area (Å²) < 4.78 is 5.30. The fraction of sp³-hybridized carbons (Fsp3) is 0.200. The molecule has 2 rings (SSSR count). The van der Waals surface area contributed by atoms with E-state index in [9.17, 15) is 0 Å². The van der Waals surface area contributed by atoms with E-state index in [1.165, 1.54) is 11.1 Å². The topological polar surface area (TPSA) is 52.0 Å². The third kappa shape index (κ3) is 1.90. The molecule has 0 unspecified atom stereocenters. The van der Waals surface area contributed by atoms with E-state index in [0.717, 1.165) is 17.0 Å². The summed E-state index contributed by atoms with van der Waals surface area (Å²) in [6.07, 6.45) is 3.05. The van der Waals surface area contributed by atoms with Crippen LogP contribution in [-0.4, -0.2) is 22.0 Å². The van der Waals surface area contributed by atoms with E-state index < -0.39 is 0 Å². The van der Waals surface area contributed by atoms with Gasteiger partial charge in [0.15, 0.2) is 0 Å². The Morgan fingerprint density at radius 1 is 1.40 bits per heavy atom. The highest BCUT2D eigenvalue weighted by Gasteiger charge is 2.05. The molecule has 78 valence electrons. The summed E-state index contributed by atoms with van der Waals surface area (Å²) in [6.45, 7) is 1.99. The SMILES string of the molecule is COc1c(C)cccc1Nn1cncn1. The standard InChI is InChI=1S/C10H12N4O/c1-8-4-3-5-9(10(8)15-2)13-14-7-11-6-12-14/h3-7,13H,1-2H3. The van der Waals surface area contributed by atoms with Crippen molar-refractivity contribution in [2.24, 2.45) is 0 Å². The number of rotatable bonds is 3. The van der Waals surface area contributed by atoms with Crippen molar-refractivity contribution in [3.8, 4) is 5.75 Å². The number of para-hydroxylation sites is 1. The molecule has 0 fully saturated rings. The van der Waals surface area contributed by atoms with Crippen molar-refractivity contribution >= 4 is 5.69 Å². The van der Waals surface area contributed by atoms with Gasteiger partial charge in [-0.05, 0) is 18.6 Å². The van der Waals surface area contributed by atoms with Crippen LogP contribution in [0.3, 0.4) is 0 Å². The molecular weight excluding hydrogens is 192 g/mol. The number of hydrogen-bond donors (Lipinski definition) is 1. The Kier molecular flexibility index (Phi) is 2.53. The summed E-state index contributed by atoms with van der Waals surface area (Å²) in [6, 6.07) is 5.87. The number of aromatic nitrogens is 3. The maximum absolute atomic E-state index is 5.30. The van der Waals surface area contributed by atoms with E-state index in [-0.39, 0.29) is 0 Å². The lowest BCUT2D eigenvalue weighted by Crippen LogP contribution is -2.10. The minimum absolute atomic E-state index is 0.813. The fourth-order valence-electron chi connectivity index (χ4n) is 1.40. The number of nitrogens with one attached hydrogen (secondary N) is 1. The summed E-state index contributed by atoms with van der Waals surface area (Å²) in [5.74, 6) is 0.813. The number of nitrogens with zero attached hydrogens (tertiary/aromatic N) is 3. The van der Waals surface area contributed by atoms with Gasteiger partial charge >= 0.3 is 0 Å². The zero-order chi connectivity index (χ0) is 10.7. The van der Waals surface area contributed by atoms with Gasteiger partial charge in [-0.15, -0.1) is 5.10 Å². The van der Waals surface area contributed by atoms with Gasteiger partial charge < -0.3 is 4.74 Å². The van der Waals surface area contributed by atoms with Crippen LogP contribution in [0.1, 0.15) is 5.56 Å². The molecule has 0 radical (unpaired) electrons. The Morgan fingerprint density at radius 2 is 2.27 bits per heavy atom. The first-order valence-corrected chi connectivity index (χ1v) is 4.56. The van der Waals surface area contributed by atoms with Crippen LogP contribution in [0.2, 0.25) is 0 Å². The van der Waals surface area contributed by atoms with Crippen LogP contribution in [0.15, 0.2) is 30.9 Å². The molecule has 1 aromatic heterocycles. The maximum atomic E-state index is 5.30. The van der Waals surface area contributed by atoms with Crippen LogP contribution >= 0.6 is 0 Å². The normalized spacial score (nSPS) is 10.0. The third-order valence-electron chi connectivity index (χ3n) is 2.07. The summed E-state index contributed by atoms with van der Waals surface area (Å²) >= 11 is 0. The van der Waals surface area contributed by atoms with Crippen LogP contribution in [0.25, 0.3) is 0 Å². The molecule has 5 heteroatoms. The molecule has 0 aliphatic heterocycles. The first kappa shape index (κ1) is 9.51. The average Bonchev–Trinajstić information content (AvgIpc) is 2.71. The molecule has 0 bridgehead atoms. The highest BCUT2D eigenvalue weighted by atomic mass is 16.5. The fourth-order valence-corrected chi connectivity index (χ4v) is 1.40. The number of anilines is 1. The van der Waals surface area contributed by atoms with E-state index in [0.29, 0.717) is 0 Å². The second kappa shape index (κ2) is 4.00.